The SMILES string of the molecule is COc1ccc(F)cc1C(=O)Cn1ccccc1=O. The summed E-state index contributed by atoms with van der Waals surface area (Å²) in [6, 6.07) is 8.30. The maximum Gasteiger partial charge on any atom is 0.250 e. The Hall–Kier alpha value is -2.43. The number of methoxy groups -OCH3 is 1. The third kappa shape index (κ3) is 2.88. The van der Waals surface area contributed by atoms with Crippen molar-refractivity contribution in [1.82, 2.24) is 4.57 Å². The number of hydrogen-bond acceptors (Lipinski definition) is 3. The summed E-state index contributed by atoms with van der Waals surface area (Å²) < 4.78 is 19.5. The van der Waals surface area contributed by atoms with E-state index in [0.717, 1.165) is 6.07 Å². The van der Waals surface area contributed by atoms with Crippen molar-refractivity contribution in [3.8, 4) is 5.75 Å². The van der Waals surface area contributed by atoms with E-state index in [2.05, 4.69) is 0 Å². The molecule has 0 aliphatic rings. The zero-order valence-electron chi connectivity index (χ0n) is 10.3. The maximum absolute atomic E-state index is 13.2. The second kappa shape index (κ2) is 5.48. The van der Waals surface area contributed by atoms with Gasteiger partial charge in [-0.3, -0.25) is 9.59 Å². The van der Waals surface area contributed by atoms with Gasteiger partial charge in [-0.1, -0.05) is 6.07 Å². The van der Waals surface area contributed by atoms with Crippen molar-refractivity contribution >= 4 is 5.78 Å². The average Bonchev–Trinajstić information content (AvgIpc) is 2.41. The quantitative estimate of drug-likeness (QED) is 0.789. The van der Waals surface area contributed by atoms with Crippen molar-refractivity contribution in [2.45, 2.75) is 6.54 Å². The molecule has 0 fully saturated rings. The van der Waals surface area contributed by atoms with Crippen LogP contribution >= 0.6 is 0 Å². The number of benzene rings is 1. The topological polar surface area (TPSA) is 48.3 Å². The highest BCUT2D eigenvalue weighted by Crippen LogP contribution is 2.20. The number of carbonyl (C=O) groups is 1. The highest BCUT2D eigenvalue weighted by atomic mass is 19.1. The molecule has 0 saturated carbocycles. The number of hydrogen-bond donors (Lipinski definition) is 0. The first-order chi connectivity index (χ1) is 9.11. The van der Waals surface area contributed by atoms with Crippen LogP contribution in [0.2, 0.25) is 0 Å². The van der Waals surface area contributed by atoms with Gasteiger partial charge in [-0.15, -0.1) is 0 Å². The number of halogens is 1. The van der Waals surface area contributed by atoms with Crippen molar-refractivity contribution in [2.24, 2.45) is 0 Å². The van der Waals surface area contributed by atoms with E-state index in [0.29, 0.717) is 0 Å². The van der Waals surface area contributed by atoms with Crippen molar-refractivity contribution in [3.05, 3.63) is 64.3 Å². The van der Waals surface area contributed by atoms with Crippen LogP contribution in [0.3, 0.4) is 0 Å². The summed E-state index contributed by atoms with van der Waals surface area (Å²) >= 11 is 0. The van der Waals surface area contributed by atoms with Gasteiger partial charge < -0.3 is 9.30 Å². The van der Waals surface area contributed by atoms with Crippen LogP contribution in [0, 0.1) is 5.82 Å². The minimum absolute atomic E-state index is 0.123. The first-order valence-corrected chi connectivity index (χ1v) is 5.64. The molecule has 2 aromatic rings. The standard InChI is InChI=1S/C14H12FNO3/c1-19-13-6-5-10(15)8-11(13)12(17)9-16-7-3-2-4-14(16)18/h2-8H,9H2,1H3. The van der Waals surface area contributed by atoms with Gasteiger partial charge in [-0.2, -0.15) is 0 Å². The molecule has 0 unspecified atom stereocenters. The van der Waals surface area contributed by atoms with Gasteiger partial charge in [0.15, 0.2) is 5.78 Å². The summed E-state index contributed by atoms with van der Waals surface area (Å²) in [6.07, 6.45) is 1.51. The highest BCUT2D eigenvalue weighted by Gasteiger charge is 2.14. The van der Waals surface area contributed by atoms with E-state index in [-0.39, 0.29) is 29.2 Å². The van der Waals surface area contributed by atoms with Crippen LogP contribution in [0.25, 0.3) is 0 Å². The monoisotopic (exact) mass is 261 g/mol. The lowest BCUT2D eigenvalue weighted by molar-refractivity contribution is 0.0967. The number of Topliss-reactive ketones (excluding diaryl/α,β-unsaturated/α-hetero) is 1. The predicted octanol–water partition coefficient (Wildman–Crippen LogP) is 1.88. The summed E-state index contributed by atoms with van der Waals surface area (Å²) in [5, 5.41) is 0. The minimum Gasteiger partial charge on any atom is -0.496 e. The summed E-state index contributed by atoms with van der Waals surface area (Å²) in [7, 11) is 1.40. The Kier molecular flexibility index (Phi) is 3.75. The van der Waals surface area contributed by atoms with E-state index < -0.39 is 5.82 Å². The van der Waals surface area contributed by atoms with E-state index in [4.69, 9.17) is 4.74 Å². The van der Waals surface area contributed by atoms with Crippen molar-refractivity contribution < 1.29 is 13.9 Å². The number of aromatic nitrogens is 1. The average molecular weight is 261 g/mol. The zero-order chi connectivity index (χ0) is 13.8. The molecule has 0 N–H and O–H groups in total. The third-order valence-electron chi connectivity index (χ3n) is 2.67. The van der Waals surface area contributed by atoms with Crippen LogP contribution in [0.15, 0.2) is 47.4 Å². The Morgan fingerprint density at radius 3 is 2.79 bits per heavy atom. The Morgan fingerprint density at radius 2 is 2.11 bits per heavy atom. The number of ketones is 1. The van der Waals surface area contributed by atoms with Gasteiger partial charge in [0, 0.05) is 12.3 Å². The van der Waals surface area contributed by atoms with E-state index in [1.54, 1.807) is 12.1 Å². The van der Waals surface area contributed by atoms with Gasteiger partial charge in [0.1, 0.15) is 11.6 Å². The molecular weight excluding hydrogens is 249 g/mol. The fourth-order valence-electron chi connectivity index (χ4n) is 1.73. The second-order valence-electron chi connectivity index (χ2n) is 3.93. The van der Waals surface area contributed by atoms with E-state index in [1.807, 2.05) is 0 Å². The van der Waals surface area contributed by atoms with Crippen LogP contribution in [-0.2, 0) is 6.54 Å². The van der Waals surface area contributed by atoms with E-state index in [1.165, 1.54) is 36.1 Å². The van der Waals surface area contributed by atoms with Crippen LogP contribution in [-0.4, -0.2) is 17.5 Å². The van der Waals surface area contributed by atoms with Gasteiger partial charge in [-0.25, -0.2) is 4.39 Å². The molecule has 19 heavy (non-hydrogen) atoms. The zero-order valence-corrected chi connectivity index (χ0v) is 10.3. The maximum atomic E-state index is 13.2. The van der Waals surface area contributed by atoms with Crippen LogP contribution in [0.4, 0.5) is 4.39 Å². The first kappa shape index (κ1) is 13.0. The lowest BCUT2D eigenvalue weighted by Gasteiger charge is -2.08. The Labute approximate surface area is 109 Å². The molecule has 5 heteroatoms. The van der Waals surface area contributed by atoms with Crippen molar-refractivity contribution in [1.29, 1.82) is 0 Å². The summed E-state index contributed by atoms with van der Waals surface area (Å²) in [6.45, 7) is -0.153. The van der Waals surface area contributed by atoms with Gasteiger partial charge in [0.2, 0.25) is 0 Å². The molecule has 0 spiro atoms. The van der Waals surface area contributed by atoms with Crippen LogP contribution in [0.5, 0.6) is 5.75 Å². The van der Waals surface area contributed by atoms with Gasteiger partial charge in [0.25, 0.3) is 5.56 Å². The molecule has 1 heterocycles. The number of rotatable bonds is 4. The molecule has 2 rings (SSSR count). The number of ether oxygens (including phenoxy) is 1. The van der Waals surface area contributed by atoms with Gasteiger partial charge in [-0.05, 0) is 24.3 Å². The van der Waals surface area contributed by atoms with Gasteiger partial charge in [0.05, 0.1) is 19.2 Å². The molecule has 1 aromatic heterocycles. The van der Waals surface area contributed by atoms with Crippen LogP contribution in [0.1, 0.15) is 10.4 Å². The normalized spacial score (nSPS) is 10.2. The van der Waals surface area contributed by atoms with E-state index in [9.17, 15) is 14.0 Å². The molecule has 0 saturated heterocycles. The second-order valence-corrected chi connectivity index (χ2v) is 3.93. The molecule has 0 radical (unpaired) electrons. The number of nitrogens with zero attached hydrogens (tertiary/aromatic N) is 1. The fourth-order valence-corrected chi connectivity index (χ4v) is 1.73. The molecule has 0 aliphatic carbocycles. The third-order valence-corrected chi connectivity index (χ3v) is 2.67. The fraction of sp³-hybridized carbons (Fsp3) is 0.143. The molecule has 4 nitrogen and oxygen atoms in total. The largest absolute Gasteiger partial charge is 0.496 e. The molecule has 0 aliphatic heterocycles. The Bertz CT molecular complexity index is 664. The first-order valence-electron chi connectivity index (χ1n) is 5.64. The molecule has 0 amide bonds. The van der Waals surface area contributed by atoms with Crippen molar-refractivity contribution in [2.75, 3.05) is 7.11 Å². The molecule has 0 atom stereocenters. The predicted molar refractivity (Wildman–Crippen MR) is 68.0 cm³/mol. The molecule has 1 aromatic carbocycles. The highest BCUT2D eigenvalue weighted by molar-refractivity contribution is 5.98. The molecular formula is C14H12FNO3. The lowest BCUT2D eigenvalue weighted by Crippen LogP contribution is -2.22. The van der Waals surface area contributed by atoms with Gasteiger partial charge >= 0.3 is 0 Å². The summed E-state index contributed by atoms with van der Waals surface area (Å²) in [5.41, 5.74) is -0.163. The summed E-state index contributed by atoms with van der Waals surface area (Å²) in [5.74, 6) is -0.621. The van der Waals surface area contributed by atoms with Crippen LogP contribution < -0.4 is 10.3 Å². The van der Waals surface area contributed by atoms with Crippen molar-refractivity contribution in [3.63, 3.8) is 0 Å². The molecule has 98 valence electrons. The smallest absolute Gasteiger partial charge is 0.250 e. The number of carbonyl (C=O) groups excluding carboxylic acids is 1. The number of pyridine rings is 1. The van der Waals surface area contributed by atoms with E-state index >= 15 is 0 Å². The Balaban J connectivity index is 2.33. The molecule has 0 bridgehead atoms. The lowest BCUT2D eigenvalue weighted by atomic mass is 10.1. The summed E-state index contributed by atoms with van der Waals surface area (Å²) in [4.78, 5) is 23.6. The Morgan fingerprint density at radius 1 is 1.32 bits per heavy atom. The minimum atomic E-state index is -0.524.